The number of aromatic nitrogens is 4. The number of Topliss-reactive ketones (excluding diaryl/α,β-unsaturated/α-hetero) is 4. The first kappa shape index (κ1) is 32.9. The molecule has 0 spiro atoms. The van der Waals surface area contributed by atoms with E-state index >= 15 is 0 Å². The van der Waals surface area contributed by atoms with Gasteiger partial charge in [0.05, 0.1) is 36.6 Å². The van der Waals surface area contributed by atoms with Gasteiger partial charge in [0, 0.05) is 29.8 Å². The minimum atomic E-state index is -0.588. The summed E-state index contributed by atoms with van der Waals surface area (Å²) < 4.78 is 10.9. The van der Waals surface area contributed by atoms with E-state index in [2.05, 4.69) is 19.9 Å². The third-order valence-corrected chi connectivity index (χ3v) is 6.02. The maximum Gasteiger partial charge on any atom is 0.208 e. The van der Waals surface area contributed by atoms with Crippen LogP contribution in [0.2, 0.25) is 0 Å². The third kappa shape index (κ3) is 11.1. The number of aliphatic hydroxyl groups excluding tert-OH is 1. The molecule has 0 aliphatic carbocycles. The summed E-state index contributed by atoms with van der Waals surface area (Å²) in [5.41, 5.74) is 0.621. The van der Waals surface area contributed by atoms with E-state index in [0.29, 0.717) is 18.0 Å². The number of carbonyl (C=O) groups excluding carboxylic acids is 4. The van der Waals surface area contributed by atoms with Gasteiger partial charge in [0.1, 0.15) is 36.2 Å². The highest BCUT2D eigenvalue weighted by molar-refractivity contribution is 5.95. The number of hydrogen-bond acceptors (Lipinski definition) is 11. The number of carbonyl (C=O) groups is 4. The summed E-state index contributed by atoms with van der Waals surface area (Å²) in [5.74, 6) is -0.566. The Hall–Kier alpha value is -3.28. The molecule has 3 rings (SSSR count). The quantitative estimate of drug-likeness (QED) is 0.428. The molecule has 1 aliphatic heterocycles. The Kier molecular flexibility index (Phi) is 12.3. The number of ketones is 4. The monoisotopic (exact) mass is 556 g/mol. The number of rotatable bonds is 10. The topological polar surface area (TPSA) is 159 Å². The van der Waals surface area contributed by atoms with Crippen LogP contribution in [0.4, 0.5) is 0 Å². The van der Waals surface area contributed by atoms with Crippen LogP contribution in [0.1, 0.15) is 93.2 Å². The summed E-state index contributed by atoms with van der Waals surface area (Å²) in [7, 11) is 0. The zero-order valence-corrected chi connectivity index (χ0v) is 24.2. The molecule has 1 unspecified atom stereocenters. The van der Waals surface area contributed by atoms with Crippen LogP contribution in [0, 0.1) is 10.8 Å². The number of hydrogen-bond donors (Lipinski definition) is 1. The molecule has 1 saturated heterocycles. The highest BCUT2D eigenvalue weighted by Gasteiger charge is 2.23. The predicted octanol–water partition coefficient (Wildman–Crippen LogP) is 3.17. The van der Waals surface area contributed by atoms with Crippen molar-refractivity contribution in [3.8, 4) is 0 Å². The second kappa shape index (κ2) is 14.9. The highest BCUT2D eigenvalue weighted by atomic mass is 16.7. The molecule has 0 saturated carbocycles. The van der Waals surface area contributed by atoms with Crippen LogP contribution in [-0.2, 0) is 31.9 Å². The lowest BCUT2D eigenvalue weighted by molar-refractivity contribution is -0.155. The summed E-state index contributed by atoms with van der Waals surface area (Å²) in [6, 6.07) is 0. The van der Waals surface area contributed by atoms with Crippen molar-refractivity contribution in [1.82, 2.24) is 19.9 Å². The molecule has 2 aromatic rings. The fourth-order valence-electron chi connectivity index (χ4n) is 3.21. The van der Waals surface area contributed by atoms with Gasteiger partial charge in [-0.15, -0.1) is 0 Å². The molecule has 1 atom stereocenters. The van der Waals surface area contributed by atoms with E-state index in [1.807, 2.05) is 41.5 Å². The van der Waals surface area contributed by atoms with Crippen molar-refractivity contribution in [2.45, 2.75) is 79.9 Å². The van der Waals surface area contributed by atoms with Crippen LogP contribution in [0.5, 0.6) is 0 Å². The van der Waals surface area contributed by atoms with Crippen LogP contribution < -0.4 is 0 Å². The van der Waals surface area contributed by atoms with Gasteiger partial charge in [0.2, 0.25) is 11.6 Å². The molecule has 1 aliphatic rings. The summed E-state index contributed by atoms with van der Waals surface area (Å²) in [6.07, 6.45) is 8.57. The summed E-state index contributed by atoms with van der Waals surface area (Å²) >= 11 is 0. The third-order valence-electron chi connectivity index (χ3n) is 6.02. The van der Waals surface area contributed by atoms with Gasteiger partial charge < -0.3 is 14.6 Å². The molecule has 40 heavy (non-hydrogen) atoms. The lowest BCUT2D eigenvalue weighted by Crippen LogP contribution is -2.25. The Labute approximate surface area is 235 Å². The fourth-order valence-corrected chi connectivity index (χ4v) is 3.21. The SMILES string of the molecule is CC(C)(C)C(=O)Cc1cnc(C(=O)CO)cn1.CC(C)(C)C(=O)Cc1cnc(C(=O)COC2CCCCO2)cn1. The van der Waals surface area contributed by atoms with Gasteiger partial charge in [0.15, 0.2) is 6.29 Å². The molecule has 0 aromatic carbocycles. The Morgan fingerprint density at radius 2 is 1.30 bits per heavy atom. The van der Waals surface area contributed by atoms with Gasteiger partial charge in [-0.1, -0.05) is 41.5 Å². The van der Waals surface area contributed by atoms with Crippen LogP contribution in [0.25, 0.3) is 0 Å². The lowest BCUT2D eigenvalue weighted by Gasteiger charge is -2.22. The van der Waals surface area contributed by atoms with Crippen molar-refractivity contribution in [2.24, 2.45) is 10.8 Å². The van der Waals surface area contributed by atoms with Crippen LogP contribution >= 0.6 is 0 Å². The normalized spacial score (nSPS) is 15.5. The van der Waals surface area contributed by atoms with Crippen molar-refractivity contribution in [3.63, 3.8) is 0 Å². The van der Waals surface area contributed by atoms with Crippen molar-refractivity contribution < 1.29 is 33.8 Å². The smallest absolute Gasteiger partial charge is 0.208 e. The Balaban J connectivity index is 0.000000294. The van der Waals surface area contributed by atoms with Gasteiger partial charge >= 0.3 is 0 Å². The van der Waals surface area contributed by atoms with E-state index in [4.69, 9.17) is 14.6 Å². The average molecular weight is 557 g/mol. The van der Waals surface area contributed by atoms with E-state index in [1.165, 1.54) is 24.8 Å². The summed E-state index contributed by atoms with van der Waals surface area (Å²) in [5, 5.41) is 8.64. The molecule has 218 valence electrons. The molecule has 0 radical (unpaired) electrons. The van der Waals surface area contributed by atoms with E-state index < -0.39 is 23.2 Å². The van der Waals surface area contributed by atoms with Gasteiger partial charge in [-0.05, 0) is 19.3 Å². The van der Waals surface area contributed by atoms with E-state index in [0.717, 1.165) is 19.3 Å². The first-order valence-corrected chi connectivity index (χ1v) is 13.3. The van der Waals surface area contributed by atoms with Crippen LogP contribution in [0.15, 0.2) is 24.8 Å². The molecule has 11 nitrogen and oxygen atoms in total. The minimum absolute atomic E-state index is 0.0630. The molecule has 3 heterocycles. The Bertz CT molecular complexity index is 1140. The van der Waals surface area contributed by atoms with E-state index in [9.17, 15) is 19.2 Å². The average Bonchev–Trinajstić information content (AvgIpc) is 2.92. The molecular weight excluding hydrogens is 516 g/mol. The van der Waals surface area contributed by atoms with Crippen molar-refractivity contribution in [1.29, 1.82) is 0 Å². The van der Waals surface area contributed by atoms with Gasteiger partial charge in [-0.2, -0.15) is 0 Å². The Morgan fingerprint density at radius 3 is 1.68 bits per heavy atom. The lowest BCUT2D eigenvalue weighted by atomic mass is 9.88. The maximum absolute atomic E-state index is 12.0. The van der Waals surface area contributed by atoms with Crippen LogP contribution in [-0.4, -0.2) is 74.3 Å². The van der Waals surface area contributed by atoms with Gasteiger partial charge in [-0.25, -0.2) is 9.97 Å². The van der Waals surface area contributed by atoms with Crippen LogP contribution in [0.3, 0.4) is 0 Å². The Morgan fingerprint density at radius 1 is 0.800 bits per heavy atom. The van der Waals surface area contributed by atoms with E-state index in [-0.39, 0.29) is 54.5 Å². The summed E-state index contributed by atoms with van der Waals surface area (Å²) in [4.78, 5) is 62.9. The molecule has 1 N–H and O–H groups in total. The minimum Gasteiger partial charge on any atom is -0.388 e. The van der Waals surface area contributed by atoms with Crippen molar-refractivity contribution in [2.75, 3.05) is 19.8 Å². The van der Waals surface area contributed by atoms with Gasteiger partial charge in [0.25, 0.3) is 0 Å². The van der Waals surface area contributed by atoms with E-state index in [1.54, 1.807) is 0 Å². The molecule has 2 aromatic heterocycles. The summed E-state index contributed by atoms with van der Waals surface area (Å²) in [6.45, 7) is 11.1. The second-order valence-electron chi connectivity index (χ2n) is 11.6. The van der Waals surface area contributed by atoms with Gasteiger partial charge in [-0.3, -0.25) is 29.1 Å². The molecule has 0 bridgehead atoms. The zero-order chi connectivity index (χ0) is 29.9. The maximum atomic E-state index is 12.0. The molecule has 0 amide bonds. The largest absolute Gasteiger partial charge is 0.388 e. The highest BCUT2D eigenvalue weighted by Crippen LogP contribution is 2.18. The van der Waals surface area contributed by atoms with Crippen molar-refractivity contribution in [3.05, 3.63) is 47.6 Å². The zero-order valence-electron chi connectivity index (χ0n) is 24.2. The van der Waals surface area contributed by atoms with Crippen molar-refractivity contribution >= 4 is 23.1 Å². The standard InChI is InChI=1S/C17H24N2O4.C12H16N2O3/c1-17(2,3)15(21)8-12-9-19-13(10-18-12)14(20)11-23-16-6-4-5-7-22-16;1-12(2,3)11(17)4-8-5-14-9(6-13-8)10(16)7-15/h9-10,16H,4-8,11H2,1-3H3;5-6,15H,4,7H2,1-3H3. The first-order chi connectivity index (χ1) is 18.7. The molecule has 11 heteroatoms. The first-order valence-electron chi connectivity index (χ1n) is 13.3. The fraction of sp³-hybridized carbons (Fsp3) is 0.586. The molecular formula is C29H40N4O7. The molecule has 1 fully saturated rings. The number of nitrogens with zero attached hydrogens (tertiary/aromatic N) is 4. The predicted molar refractivity (Wildman–Crippen MR) is 146 cm³/mol. The second-order valence-corrected chi connectivity index (χ2v) is 11.6. The number of aliphatic hydroxyl groups is 1. The number of ether oxygens (including phenoxy) is 2.